The number of benzene rings is 1. The molecule has 0 radical (unpaired) electrons. The molecule has 0 saturated carbocycles. The minimum atomic E-state index is 0.699. The molecule has 21 heavy (non-hydrogen) atoms. The quantitative estimate of drug-likeness (QED) is 0.920. The second-order valence-electron chi connectivity index (χ2n) is 6.13. The molecule has 2 fully saturated rings. The Morgan fingerprint density at radius 2 is 1.90 bits per heavy atom. The van der Waals surface area contributed by atoms with Crippen LogP contribution < -0.4 is 5.32 Å². The highest BCUT2D eigenvalue weighted by Crippen LogP contribution is 2.30. The predicted molar refractivity (Wildman–Crippen MR) is 89.3 cm³/mol. The van der Waals surface area contributed by atoms with Gasteiger partial charge in [-0.25, -0.2) is 0 Å². The van der Waals surface area contributed by atoms with Crippen LogP contribution in [0, 0.1) is 6.92 Å². The number of hydrogen-bond acceptors (Lipinski definition) is 3. The third-order valence-electron chi connectivity index (χ3n) is 4.71. The van der Waals surface area contributed by atoms with Crippen molar-refractivity contribution in [3.05, 3.63) is 33.3 Å². The number of nitrogens with one attached hydrogen (secondary N) is 1. The Hall–Kier alpha value is -0.320. The molecule has 0 unspecified atom stereocenters. The van der Waals surface area contributed by atoms with Crippen molar-refractivity contribution in [2.75, 3.05) is 39.3 Å². The first-order chi connectivity index (χ1) is 10.1. The average molecular weight is 328 g/mol. The molecule has 0 amide bonds. The normalized spacial score (nSPS) is 24.6. The molecule has 3 rings (SSSR count). The zero-order chi connectivity index (χ0) is 14.8. The fourth-order valence-electron chi connectivity index (χ4n) is 3.29. The van der Waals surface area contributed by atoms with Gasteiger partial charge >= 0.3 is 0 Å². The number of rotatable bonds is 3. The van der Waals surface area contributed by atoms with E-state index in [4.69, 9.17) is 23.2 Å². The van der Waals surface area contributed by atoms with E-state index < -0.39 is 0 Å². The first-order valence-corrected chi connectivity index (χ1v) is 8.51. The third-order valence-corrected chi connectivity index (χ3v) is 5.72. The Balaban J connectivity index is 1.57. The summed E-state index contributed by atoms with van der Waals surface area (Å²) in [6.45, 7) is 9.74. The van der Waals surface area contributed by atoms with Crippen molar-refractivity contribution < 1.29 is 0 Å². The van der Waals surface area contributed by atoms with Crippen LogP contribution in [0.4, 0.5) is 0 Å². The highest BCUT2D eigenvalue weighted by atomic mass is 35.5. The van der Waals surface area contributed by atoms with Crippen LogP contribution in [0.25, 0.3) is 0 Å². The molecule has 1 atom stereocenters. The first-order valence-electron chi connectivity index (χ1n) is 7.76. The van der Waals surface area contributed by atoms with Crippen LogP contribution in [0.15, 0.2) is 12.1 Å². The lowest BCUT2D eigenvalue weighted by molar-refractivity contribution is 0.0981. The summed E-state index contributed by atoms with van der Waals surface area (Å²) >= 11 is 12.6. The van der Waals surface area contributed by atoms with E-state index in [-0.39, 0.29) is 0 Å². The minimum Gasteiger partial charge on any atom is -0.315 e. The second kappa shape index (κ2) is 6.84. The van der Waals surface area contributed by atoms with Gasteiger partial charge in [0.05, 0.1) is 10.0 Å². The molecule has 0 aliphatic carbocycles. The van der Waals surface area contributed by atoms with Crippen molar-refractivity contribution in [3.8, 4) is 0 Å². The monoisotopic (exact) mass is 327 g/mol. The van der Waals surface area contributed by atoms with Crippen molar-refractivity contribution in [2.45, 2.75) is 25.9 Å². The zero-order valence-corrected chi connectivity index (χ0v) is 14.1. The average Bonchev–Trinajstić information content (AvgIpc) is 3.03. The summed E-state index contributed by atoms with van der Waals surface area (Å²) in [5.41, 5.74) is 2.19. The van der Waals surface area contributed by atoms with Gasteiger partial charge in [0, 0.05) is 45.3 Å². The molecular formula is C16H23Cl2N3. The molecule has 1 N–H and O–H groups in total. The number of piperazine rings is 1. The van der Waals surface area contributed by atoms with Crippen molar-refractivity contribution in [1.82, 2.24) is 15.1 Å². The predicted octanol–water partition coefficient (Wildman–Crippen LogP) is 2.78. The van der Waals surface area contributed by atoms with Gasteiger partial charge in [-0.1, -0.05) is 35.3 Å². The molecule has 2 aliphatic heterocycles. The van der Waals surface area contributed by atoms with E-state index in [1.807, 2.05) is 6.92 Å². The van der Waals surface area contributed by atoms with E-state index in [1.165, 1.54) is 13.0 Å². The minimum absolute atomic E-state index is 0.699. The number of hydrogen-bond donors (Lipinski definition) is 1. The maximum Gasteiger partial charge on any atom is 0.0640 e. The van der Waals surface area contributed by atoms with Gasteiger partial charge in [0.1, 0.15) is 0 Å². The molecule has 3 nitrogen and oxygen atoms in total. The van der Waals surface area contributed by atoms with E-state index in [9.17, 15) is 0 Å². The Kier molecular flexibility index (Phi) is 5.07. The SMILES string of the molecule is Cc1ccc(CN2CCN([C@@H]3CCNC3)CC2)c(Cl)c1Cl. The van der Waals surface area contributed by atoms with Gasteiger partial charge in [-0.05, 0) is 31.0 Å². The first kappa shape index (κ1) is 15.6. The molecule has 2 aliphatic rings. The second-order valence-corrected chi connectivity index (χ2v) is 6.88. The number of nitrogens with zero attached hydrogens (tertiary/aromatic N) is 2. The molecule has 5 heteroatoms. The largest absolute Gasteiger partial charge is 0.315 e. The topological polar surface area (TPSA) is 18.5 Å². The van der Waals surface area contributed by atoms with Crippen LogP contribution in [0.3, 0.4) is 0 Å². The fraction of sp³-hybridized carbons (Fsp3) is 0.625. The van der Waals surface area contributed by atoms with E-state index in [1.54, 1.807) is 0 Å². The number of halogens is 2. The smallest absolute Gasteiger partial charge is 0.0640 e. The van der Waals surface area contributed by atoms with Gasteiger partial charge in [0.15, 0.2) is 0 Å². The van der Waals surface area contributed by atoms with Gasteiger partial charge in [-0.2, -0.15) is 0 Å². The Morgan fingerprint density at radius 3 is 2.57 bits per heavy atom. The maximum atomic E-state index is 6.37. The summed E-state index contributed by atoms with van der Waals surface area (Å²) in [5, 5.41) is 4.87. The van der Waals surface area contributed by atoms with E-state index >= 15 is 0 Å². The van der Waals surface area contributed by atoms with Crippen LogP contribution in [-0.2, 0) is 6.54 Å². The molecule has 2 saturated heterocycles. The molecule has 2 heterocycles. The Bertz CT molecular complexity index is 493. The van der Waals surface area contributed by atoms with Crippen LogP contribution in [0.2, 0.25) is 10.0 Å². The molecule has 0 bridgehead atoms. The summed E-state index contributed by atoms with van der Waals surface area (Å²) in [6.07, 6.45) is 1.29. The third kappa shape index (κ3) is 3.54. The molecule has 116 valence electrons. The lowest BCUT2D eigenvalue weighted by atomic mass is 10.1. The van der Waals surface area contributed by atoms with Gasteiger partial charge in [0.2, 0.25) is 0 Å². The van der Waals surface area contributed by atoms with Gasteiger partial charge in [0.25, 0.3) is 0 Å². The number of aryl methyl sites for hydroxylation is 1. The molecule has 1 aromatic carbocycles. The Labute approximate surface area is 137 Å². The summed E-state index contributed by atoms with van der Waals surface area (Å²) in [4.78, 5) is 5.10. The lowest BCUT2D eigenvalue weighted by Crippen LogP contribution is -2.50. The highest BCUT2D eigenvalue weighted by Gasteiger charge is 2.26. The van der Waals surface area contributed by atoms with E-state index in [0.717, 1.165) is 61.5 Å². The van der Waals surface area contributed by atoms with Crippen molar-refractivity contribution >= 4 is 23.2 Å². The fourth-order valence-corrected chi connectivity index (χ4v) is 3.74. The molecule has 0 spiro atoms. The summed E-state index contributed by atoms with van der Waals surface area (Å²) in [6, 6.07) is 4.91. The van der Waals surface area contributed by atoms with Crippen molar-refractivity contribution in [3.63, 3.8) is 0 Å². The lowest BCUT2D eigenvalue weighted by Gasteiger charge is -2.38. The summed E-state index contributed by atoms with van der Waals surface area (Å²) < 4.78 is 0. The van der Waals surface area contributed by atoms with Gasteiger partial charge < -0.3 is 5.32 Å². The maximum absolute atomic E-state index is 6.37. The van der Waals surface area contributed by atoms with Crippen LogP contribution in [0.5, 0.6) is 0 Å². The molecular weight excluding hydrogens is 305 g/mol. The van der Waals surface area contributed by atoms with E-state index in [2.05, 4.69) is 27.2 Å². The van der Waals surface area contributed by atoms with Gasteiger partial charge in [-0.15, -0.1) is 0 Å². The van der Waals surface area contributed by atoms with Crippen molar-refractivity contribution in [1.29, 1.82) is 0 Å². The van der Waals surface area contributed by atoms with Crippen molar-refractivity contribution in [2.24, 2.45) is 0 Å². The van der Waals surface area contributed by atoms with E-state index in [0.29, 0.717) is 5.02 Å². The Morgan fingerprint density at radius 1 is 1.14 bits per heavy atom. The summed E-state index contributed by atoms with van der Waals surface area (Å²) in [5.74, 6) is 0. The standard InChI is InChI=1S/C16H23Cl2N3/c1-12-2-3-13(16(18)15(12)17)11-20-6-8-21(9-7-20)14-4-5-19-10-14/h2-3,14,19H,4-11H2,1H3/t14-/m1/s1. The molecule has 1 aromatic rings. The highest BCUT2D eigenvalue weighted by molar-refractivity contribution is 6.42. The van der Waals surface area contributed by atoms with Crippen LogP contribution in [-0.4, -0.2) is 55.1 Å². The zero-order valence-electron chi connectivity index (χ0n) is 12.5. The van der Waals surface area contributed by atoms with Crippen LogP contribution in [0.1, 0.15) is 17.5 Å². The summed E-state index contributed by atoms with van der Waals surface area (Å²) in [7, 11) is 0. The van der Waals surface area contributed by atoms with Gasteiger partial charge in [-0.3, -0.25) is 9.80 Å². The molecule has 0 aromatic heterocycles. The van der Waals surface area contributed by atoms with Crippen LogP contribution >= 0.6 is 23.2 Å².